The maximum absolute atomic E-state index is 13.1. The van der Waals surface area contributed by atoms with Crippen LogP contribution < -0.4 is 10.1 Å². The van der Waals surface area contributed by atoms with Crippen molar-refractivity contribution in [1.29, 1.82) is 0 Å². The number of amides is 1. The van der Waals surface area contributed by atoms with Gasteiger partial charge in [-0.15, -0.1) is 0 Å². The molecule has 1 fully saturated rings. The molecule has 2 heterocycles. The number of fused-ring (bicyclic) bond motifs is 1. The van der Waals surface area contributed by atoms with E-state index >= 15 is 0 Å². The normalized spacial score (nSPS) is 17.0. The van der Waals surface area contributed by atoms with Gasteiger partial charge in [-0.3, -0.25) is 10.1 Å². The van der Waals surface area contributed by atoms with E-state index in [2.05, 4.69) is 15.3 Å². The first-order valence-corrected chi connectivity index (χ1v) is 12.4. The summed E-state index contributed by atoms with van der Waals surface area (Å²) in [5.41, 5.74) is 3.63. The van der Waals surface area contributed by atoms with Gasteiger partial charge < -0.3 is 9.47 Å². The van der Waals surface area contributed by atoms with Crippen LogP contribution in [0.1, 0.15) is 35.4 Å². The number of sulfonamides is 1. The van der Waals surface area contributed by atoms with Gasteiger partial charge in [0.05, 0.1) is 20.3 Å². The van der Waals surface area contributed by atoms with Crippen LogP contribution in [0.5, 0.6) is 5.75 Å². The van der Waals surface area contributed by atoms with E-state index in [1.165, 1.54) is 29.1 Å². The Balaban J connectivity index is 1.52. The molecule has 0 atom stereocenters. The summed E-state index contributed by atoms with van der Waals surface area (Å²) in [7, 11) is -2.33. The zero-order valence-corrected chi connectivity index (χ0v) is 19.7. The molecule has 1 aromatic heterocycles. The van der Waals surface area contributed by atoms with Gasteiger partial charge in [0.25, 0.3) is 5.91 Å². The maximum atomic E-state index is 13.1. The summed E-state index contributed by atoms with van der Waals surface area (Å²) in [5, 5.41) is 2.71. The first kappa shape index (κ1) is 23.3. The maximum Gasteiger partial charge on any atom is 0.250 e. The largest absolute Gasteiger partial charge is 0.495 e. The number of aromatic nitrogens is 2. The van der Waals surface area contributed by atoms with Crippen molar-refractivity contribution in [2.24, 2.45) is 0 Å². The number of hydrogen-bond donors (Lipinski definition) is 1. The number of rotatable bonds is 6. The van der Waals surface area contributed by atoms with E-state index in [1.807, 2.05) is 6.92 Å². The van der Waals surface area contributed by atoms with Gasteiger partial charge in [0.15, 0.2) is 0 Å². The minimum atomic E-state index is -3.75. The Bertz CT molecular complexity index is 1170. The highest BCUT2D eigenvalue weighted by Gasteiger charge is 2.29. The second-order valence-electron chi connectivity index (χ2n) is 8.01. The van der Waals surface area contributed by atoms with Gasteiger partial charge in [0.2, 0.25) is 16.0 Å². The molecule has 33 heavy (non-hydrogen) atoms. The fourth-order valence-electron chi connectivity index (χ4n) is 4.09. The summed E-state index contributed by atoms with van der Waals surface area (Å²) < 4.78 is 38.2. The predicted molar refractivity (Wildman–Crippen MR) is 124 cm³/mol. The standard InChI is InChI=1S/C23H28N4O5S/c1-16-18-5-3-4-6-19(18)25-23(24-16)26-22(28)10-8-17-7-9-20(31-2)21(15-17)33(29,30)27-11-13-32-14-12-27/h7-10,15H,3-6,11-14H2,1-2H3,(H,24,25,26,28). The van der Waals surface area contributed by atoms with E-state index in [-0.39, 0.29) is 29.7 Å². The molecule has 1 aromatic carbocycles. The van der Waals surface area contributed by atoms with Crippen LogP contribution in [0.2, 0.25) is 0 Å². The monoisotopic (exact) mass is 472 g/mol. The molecule has 1 N–H and O–H groups in total. The third kappa shape index (κ3) is 5.23. The number of benzene rings is 1. The van der Waals surface area contributed by atoms with Crippen LogP contribution in [0.3, 0.4) is 0 Å². The Morgan fingerprint density at radius 2 is 1.94 bits per heavy atom. The third-order valence-electron chi connectivity index (χ3n) is 5.83. The van der Waals surface area contributed by atoms with E-state index in [0.717, 1.165) is 37.1 Å². The molecule has 0 saturated carbocycles. The number of ether oxygens (including phenoxy) is 2. The highest BCUT2D eigenvalue weighted by Crippen LogP contribution is 2.29. The number of methoxy groups -OCH3 is 1. The second-order valence-corrected chi connectivity index (χ2v) is 9.92. The third-order valence-corrected chi connectivity index (χ3v) is 7.75. The molecule has 1 aliphatic carbocycles. The zero-order valence-electron chi connectivity index (χ0n) is 18.8. The van der Waals surface area contributed by atoms with E-state index in [1.54, 1.807) is 18.2 Å². The number of hydrogen-bond acceptors (Lipinski definition) is 7. The molecule has 2 aliphatic rings. The molecule has 0 radical (unpaired) electrons. The van der Waals surface area contributed by atoms with Gasteiger partial charge >= 0.3 is 0 Å². The SMILES string of the molecule is COc1ccc(C=CC(=O)Nc2nc(C)c3c(n2)CCCC3)cc1S(=O)(=O)N1CCOCC1. The molecule has 0 unspecified atom stereocenters. The van der Waals surface area contributed by atoms with E-state index in [0.29, 0.717) is 18.8 Å². The molecular formula is C23H28N4O5S. The molecule has 4 rings (SSSR count). The zero-order chi connectivity index (χ0) is 23.4. The highest BCUT2D eigenvalue weighted by molar-refractivity contribution is 7.89. The smallest absolute Gasteiger partial charge is 0.250 e. The second kappa shape index (κ2) is 9.98. The number of nitrogens with one attached hydrogen (secondary N) is 1. The summed E-state index contributed by atoms with van der Waals surface area (Å²) in [5.74, 6) is 0.146. The van der Waals surface area contributed by atoms with Gasteiger partial charge in [0, 0.05) is 30.6 Å². The van der Waals surface area contributed by atoms with Gasteiger partial charge in [-0.25, -0.2) is 18.4 Å². The van der Waals surface area contributed by atoms with Gasteiger partial charge in [0.1, 0.15) is 10.6 Å². The summed E-state index contributed by atoms with van der Waals surface area (Å²) in [6.07, 6.45) is 6.98. The minimum Gasteiger partial charge on any atom is -0.495 e. The number of morpholine rings is 1. The molecule has 1 aliphatic heterocycles. The summed E-state index contributed by atoms with van der Waals surface area (Å²) >= 11 is 0. The number of carbonyl (C=O) groups is 1. The molecule has 2 aromatic rings. The highest BCUT2D eigenvalue weighted by atomic mass is 32.2. The lowest BCUT2D eigenvalue weighted by atomic mass is 9.95. The van der Waals surface area contributed by atoms with Gasteiger partial charge in [-0.05, 0) is 61.9 Å². The predicted octanol–water partition coefficient (Wildman–Crippen LogP) is 2.35. The first-order valence-electron chi connectivity index (χ1n) is 11.0. The fourth-order valence-corrected chi connectivity index (χ4v) is 5.68. The molecule has 0 bridgehead atoms. The van der Waals surface area contributed by atoms with Crippen molar-refractivity contribution in [1.82, 2.24) is 14.3 Å². The van der Waals surface area contributed by atoms with Crippen LogP contribution in [0.15, 0.2) is 29.2 Å². The van der Waals surface area contributed by atoms with Crippen LogP contribution in [0.25, 0.3) is 6.08 Å². The molecule has 9 nitrogen and oxygen atoms in total. The summed E-state index contributed by atoms with van der Waals surface area (Å²) in [4.78, 5) is 21.4. The lowest BCUT2D eigenvalue weighted by Crippen LogP contribution is -2.40. The van der Waals surface area contributed by atoms with Crippen molar-refractivity contribution in [3.8, 4) is 5.75 Å². The summed E-state index contributed by atoms with van der Waals surface area (Å²) in [6, 6.07) is 4.79. The average Bonchev–Trinajstić information content (AvgIpc) is 2.83. The van der Waals surface area contributed by atoms with Crippen LogP contribution in [0.4, 0.5) is 5.95 Å². The molecule has 10 heteroatoms. The molecule has 0 spiro atoms. The van der Waals surface area contributed by atoms with Crippen LogP contribution in [0, 0.1) is 6.92 Å². The van der Waals surface area contributed by atoms with Crippen molar-refractivity contribution < 1.29 is 22.7 Å². The van der Waals surface area contributed by atoms with Crippen LogP contribution in [-0.2, 0) is 32.4 Å². The van der Waals surface area contributed by atoms with Crippen molar-refractivity contribution in [3.63, 3.8) is 0 Å². The van der Waals surface area contributed by atoms with E-state index < -0.39 is 15.9 Å². The van der Waals surface area contributed by atoms with Gasteiger partial charge in [-0.2, -0.15) is 4.31 Å². The van der Waals surface area contributed by atoms with E-state index in [9.17, 15) is 13.2 Å². The Hall–Kier alpha value is -2.82. The topological polar surface area (TPSA) is 111 Å². The van der Waals surface area contributed by atoms with Crippen molar-refractivity contribution >= 4 is 28.0 Å². The molecule has 176 valence electrons. The Labute approximate surface area is 193 Å². The van der Waals surface area contributed by atoms with E-state index in [4.69, 9.17) is 9.47 Å². The summed E-state index contributed by atoms with van der Waals surface area (Å²) in [6.45, 7) is 3.21. The Kier molecular flexibility index (Phi) is 7.06. The quantitative estimate of drug-likeness (QED) is 0.643. The fraction of sp³-hybridized carbons (Fsp3) is 0.435. The minimum absolute atomic E-state index is 0.0584. The molecule has 1 saturated heterocycles. The molecule has 1 amide bonds. The van der Waals surface area contributed by atoms with Crippen LogP contribution >= 0.6 is 0 Å². The van der Waals surface area contributed by atoms with Crippen molar-refractivity contribution in [2.75, 3.05) is 38.7 Å². The lowest BCUT2D eigenvalue weighted by Gasteiger charge is -2.26. The average molecular weight is 473 g/mol. The Morgan fingerprint density at radius 1 is 1.18 bits per heavy atom. The Morgan fingerprint density at radius 3 is 2.70 bits per heavy atom. The number of carbonyl (C=O) groups excluding carboxylic acids is 1. The number of nitrogens with zero attached hydrogens (tertiary/aromatic N) is 3. The van der Waals surface area contributed by atoms with Crippen molar-refractivity contribution in [3.05, 3.63) is 46.8 Å². The van der Waals surface area contributed by atoms with Crippen LogP contribution in [-0.4, -0.2) is 62.0 Å². The number of aryl methyl sites for hydroxylation is 2. The first-order chi connectivity index (χ1) is 15.9. The molecular weight excluding hydrogens is 444 g/mol. The van der Waals surface area contributed by atoms with Gasteiger partial charge in [-0.1, -0.05) is 6.07 Å². The lowest BCUT2D eigenvalue weighted by molar-refractivity contribution is -0.111. The number of anilines is 1. The van der Waals surface area contributed by atoms with Crippen molar-refractivity contribution in [2.45, 2.75) is 37.5 Å².